The normalized spacial score (nSPS) is 19.4. The zero-order chi connectivity index (χ0) is 41.0. The average molecular weight is 1100 g/mol. The minimum Gasteiger partial charge on any atom is -0.549 e. The number of nitrogens with one attached hydrogen (secondary N) is 1. The number of nitrogens with zero attached hydrogens (tertiary/aromatic N) is 6. The van der Waals surface area contributed by atoms with Gasteiger partial charge >= 0.3 is 32.2 Å². The number of imide groups is 1. The third kappa shape index (κ3) is 15.0. The molecule has 2 saturated heterocycles. The second kappa shape index (κ2) is 23.0. The zero-order valence-electron chi connectivity index (χ0n) is 31.5. The van der Waals surface area contributed by atoms with Crippen molar-refractivity contribution in [2.75, 3.05) is 96.5 Å². The third-order valence-corrected chi connectivity index (χ3v) is 10.7. The summed E-state index contributed by atoms with van der Waals surface area (Å²) in [6, 6.07) is 11.5. The van der Waals surface area contributed by atoms with Crippen LogP contribution < -0.4 is 25.5 Å². The van der Waals surface area contributed by atoms with E-state index in [9.17, 15) is 44.1 Å². The number of unbranched alkanes of at least 4 members (excludes halogenated alkanes) is 1. The molecule has 0 aliphatic carbocycles. The van der Waals surface area contributed by atoms with Gasteiger partial charge in [0.1, 0.15) is 5.54 Å². The molecule has 0 bridgehead atoms. The number of amides is 4. The SMILES string of the molecule is C[C@]1(Cc2ccc(Br)cc2)C(=O)N(c2cc(Cl)cc(Cl)c2)C(=O)N1CCCCNC(=O)CN1CCN(CC(=O)[O-])CCN(CC(=O)[O-])CCN(CC(=O)[O-])CC1.[213Bi+3]. The maximum absolute atomic E-state index is 14.0. The summed E-state index contributed by atoms with van der Waals surface area (Å²) in [4.78, 5) is 84.5. The Hall–Kier alpha value is -2.96. The zero-order valence-corrected chi connectivity index (χ0v) is 38.1. The van der Waals surface area contributed by atoms with Crippen LogP contribution in [0.3, 0.4) is 0 Å². The molecule has 1 atom stereocenters. The second-order valence-electron chi connectivity index (χ2n) is 14.1. The number of benzene rings is 2. The van der Waals surface area contributed by atoms with Gasteiger partial charge in [0.2, 0.25) is 5.91 Å². The summed E-state index contributed by atoms with van der Waals surface area (Å²) in [6.45, 7) is 2.69. The van der Waals surface area contributed by atoms with Crippen LogP contribution in [0.4, 0.5) is 10.5 Å². The first-order valence-corrected chi connectivity index (χ1v) is 19.7. The van der Waals surface area contributed by atoms with Gasteiger partial charge in [-0.05, 0) is 55.7 Å². The summed E-state index contributed by atoms with van der Waals surface area (Å²) in [7, 11) is 0. The van der Waals surface area contributed by atoms with E-state index in [1.54, 1.807) is 31.4 Å². The van der Waals surface area contributed by atoms with E-state index in [1.165, 1.54) is 18.2 Å². The number of carbonyl (C=O) groups is 6. The summed E-state index contributed by atoms with van der Waals surface area (Å²) < 4.78 is 0.872. The van der Waals surface area contributed by atoms with Crippen molar-refractivity contribution in [3.63, 3.8) is 0 Å². The quantitative estimate of drug-likeness (QED) is 0.116. The molecule has 2 radical (unpaired) electrons. The maximum atomic E-state index is 14.0. The Morgan fingerprint density at radius 2 is 1.16 bits per heavy atom. The molecule has 0 unspecified atom stereocenters. The predicted molar refractivity (Wildman–Crippen MR) is 211 cm³/mol. The van der Waals surface area contributed by atoms with Crippen LogP contribution in [0.25, 0.3) is 0 Å². The number of hydrogen-bond donors (Lipinski definition) is 1. The van der Waals surface area contributed by atoms with E-state index in [2.05, 4.69) is 21.2 Å². The van der Waals surface area contributed by atoms with Crippen LogP contribution in [-0.4, -0.2) is 184 Å². The number of halogens is 3. The van der Waals surface area contributed by atoms with E-state index in [4.69, 9.17) is 23.2 Å². The van der Waals surface area contributed by atoms with Crippen LogP contribution in [0.5, 0.6) is 0 Å². The van der Waals surface area contributed by atoms with Crippen LogP contribution in [0.1, 0.15) is 25.3 Å². The minimum absolute atomic E-state index is 0. The molecule has 57 heavy (non-hydrogen) atoms. The van der Waals surface area contributed by atoms with Crippen LogP contribution in [0.15, 0.2) is 46.9 Å². The Morgan fingerprint density at radius 3 is 1.60 bits per heavy atom. The van der Waals surface area contributed by atoms with Crippen molar-refractivity contribution in [1.82, 2.24) is 29.8 Å². The number of carboxylic acid groups (broad SMARTS) is 3. The number of rotatable bonds is 16. The van der Waals surface area contributed by atoms with Crippen molar-refractivity contribution in [3.05, 3.63) is 62.5 Å². The molecule has 308 valence electrons. The van der Waals surface area contributed by atoms with E-state index < -0.39 is 55.0 Å². The second-order valence-corrected chi connectivity index (χ2v) is 15.8. The Bertz CT molecular complexity index is 1700. The molecule has 2 aliphatic rings. The summed E-state index contributed by atoms with van der Waals surface area (Å²) in [6.07, 6.45) is 1.18. The first-order chi connectivity index (χ1) is 26.5. The number of carbonyl (C=O) groups excluding carboxylic acids is 6. The number of urea groups is 1. The van der Waals surface area contributed by atoms with Gasteiger partial charge in [0.15, 0.2) is 0 Å². The molecule has 4 rings (SSSR count). The van der Waals surface area contributed by atoms with Crippen molar-refractivity contribution in [2.45, 2.75) is 31.7 Å². The van der Waals surface area contributed by atoms with Gasteiger partial charge in [0, 0.05) is 106 Å². The summed E-state index contributed by atoms with van der Waals surface area (Å²) in [5, 5.41) is 37.7. The third-order valence-electron chi connectivity index (χ3n) is 9.73. The predicted octanol–water partition coefficient (Wildman–Crippen LogP) is -1.49. The van der Waals surface area contributed by atoms with Crippen LogP contribution in [0, 0.1) is 0 Å². The molecule has 16 nitrogen and oxygen atoms in total. The molecule has 2 heterocycles. The molecule has 0 aromatic heterocycles. The van der Waals surface area contributed by atoms with Gasteiger partial charge in [0.25, 0.3) is 5.91 Å². The first-order valence-electron chi connectivity index (χ1n) is 18.2. The smallest absolute Gasteiger partial charge is 0.549 e. The molecular weight excluding hydrogens is 1050 g/mol. The van der Waals surface area contributed by atoms with Crippen LogP contribution >= 0.6 is 39.1 Å². The maximum Gasteiger partial charge on any atom is 3.00 e. The van der Waals surface area contributed by atoms with Gasteiger partial charge in [-0.2, -0.15) is 0 Å². The molecule has 20 heteroatoms. The van der Waals surface area contributed by atoms with Gasteiger partial charge in [-0.15, -0.1) is 0 Å². The van der Waals surface area contributed by atoms with E-state index in [-0.39, 0.29) is 126 Å². The molecule has 2 aromatic rings. The molecule has 2 aliphatic heterocycles. The molecule has 1 N–H and O–H groups in total. The van der Waals surface area contributed by atoms with E-state index in [0.717, 1.165) is 14.9 Å². The monoisotopic (exact) mass is 1090 g/mol. The van der Waals surface area contributed by atoms with E-state index in [0.29, 0.717) is 12.8 Å². The molecule has 2 fully saturated rings. The van der Waals surface area contributed by atoms with Crippen LogP contribution in [-0.2, 0) is 30.4 Å². The van der Waals surface area contributed by atoms with Gasteiger partial charge in [-0.3, -0.25) is 29.2 Å². The number of aliphatic carboxylic acids is 3. The van der Waals surface area contributed by atoms with Crippen molar-refractivity contribution < 1.29 is 44.1 Å². The number of anilines is 1. The van der Waals surface area contributed by atoms with Gasteiger partial charge in [0.05, 0.1) is 30.1 Å². The standard InChI is InChI=1S/C37H48BrCl2N7O9.Bi/c1-37(21-26-4-6-27(38)7-5-26)35(55)47(30-19-28(39)18-29(40)20-30)36(56)46(37)9-3-2-8-41-31(48)22-42-10-12-43(23-32(49)50)14-16-45(25-34(53)54)17-15-44(13-11-42)24-33(51)52;/h4-7,18-20H,2-3,8-17,21-25H2,1H3,(H,41,48)(H,49,50)(H,51,52)(H,53,54);/q;+3/p-3/t37-;/m0./s1/i;1+4. The number of carboxylic acids is 3. The van der Waals surface area contributed by atoms with Gasteiger partial charge in [-0.1, -0.05) is 51.3 Å². The Balaban J connectivity index is 0.00000870. The fraction of sp³-hybridized carbons (Fsp3) is 0.514. The van der Waals surface area contributed by atoms with Gasteiger partial charge in [-0.25, -0.2) is 9.69 Å². The van der Waals surface area contributed by atoms with Gasteiger partial charge < -0.3 is 39.9 Å². The summed E-state index contributed by atoms with van der Waals surface area (Å²) >= 11 is 15.9. The molecule has 0 spiro atoms. The van der Waals surface area contributed by atoms with E-state index in [1.807, 2.05) is 24.3 Å². The van der Waals surface area contributed by atoms with Crippen molar-refractivity contribution in [3.8, 4) is 0 Å². The minimum atomic E-state index is -1.31. The summed E-state index contributed by atoms with van der Waals surface area (Å²) in [5.74, 6) is -4.65. The summed E-state index contributed by atoms with van der Waals surface area (Å²) in [5.41, 5.74) is -0.116. The fourth-order valence-electron chi connectivity index (χ4n) is 6.82. The molecule has 4 amide bonds. The Labute approximate surface area is 369 Å². The largest absolute Gasteiger partial charge is 3.00 e. The van der Waals surface area contributed by atoms with Crippen molar-refractivity contribution >= 4 is 107 Å². The average Bonchev–Trinajstić information content (AvgIpc) is 3.28. The molecule has 2 aromatic carbocycles. The Morgan fingerprint density at radius 1 is 0.719 bits per heavy atom. The topological polar surface area (TPSA) is 203 Å². The van der Waals surface area contributed by atoms with Crippen molar-refractivity contribution in [2.24, 2.45) is 0 Å². The Kier molecular flexibility index (Phi) is 19.5. The fourth-order valence-corrected chi connectivity index (χ4v) is 7.60. The van der Waals surface area contributed by atoms with Crippen molar-refractivity contribution in [1.29, 1.82) is 0 Å². The van der Waals surface area contributed by atoms with E-state index >= 15 is 0 Å². The molecule has 0 saturated carbocycles. The number of hydrogen-bond acceptors (Lipinski definition) is 13. The van der Waals surface area contributed by atoms with Crippen LogP contribution in [0.2, 0.25) is 10.0 Å². The molecular formula is C37H45BiBrCl2N7O9. The first kappa shape index (κ1) is 48.4.